The molecule has 0 heterocycles. The minimum Gasteiger partial charge on any atom is -0.329 e. The molecule has 1 aromatic carbocycles. The van der Waals surface area contributed by atoms with Crippen LogP contribution >= 0.6 is 0 Å². The van der Waals surface area contributed by atoms with E-state index in [1.807, 2.05) is 13.0 Å². The molecule has 0 aliphatic heterocycles. The van der Waals surface area contributed by atoms with E-state index in [1.54, 1.807) is 39.1 Å². The molecule has 0 saturated carbocycles. The lowest BCUT2D eigenvalue weighted by Crippen LogP contribution is -2.49. The molecule has 0 fully saturated rings. The summed E-state index contributed by atoms with van der Waals surface area (Å²) < 4.78 is 26.0. The van der Waals surface area contributed by atoms with Crippen molar-refractivity contribution in [3.8, 4) is 0 Å². The van der Waals surface area contributed by atoms with Gasteiger partial charge >= 0.3 is 0 Å². The summed E-state index contributed by atoms with van der Waals surface area (Å²) in [6.07, 6.45) is 0. The Labute approximate surface area is 103 Å². The van der Waals surface area contributed by atoms with Crippen LogP contribution in [0.15, 0.2) is 29.2 Å². The lowest BCUT2D eigenvalue weighted by Gasteiger charge is -2.33. The first-order valence-electron chi connectivity index (χ1n) is 5.47. The fourth-order valence-corrected chi connectivity index (χ4v) is 3.01. The van der Waals surface area contributed by atoms with Crippen molar-refractivity contribution in [2.75, 3.05) is 13.6 Å². The number of hydrogen-bond acceptors (Lipinski definition) is 3. The molecule has 0 radical (unpaired) electrons. The first-order valence-corrected chi connectivity index (χ1v) is 6.91. The zero-order valence-electron chi connectivity index (χ0n) is 10.8. The summed E-state index contributed by atoms with van der Waals surface area (Å²) in [5.41, 5.74) is 5.93. The third kappa shape index (κ3) is 2.86. The smallest absolute Gasteiger partial charge is 0.243 e. The Balaban J connectivity index is 3.21. The molecule has 0 spiro atoms. The van der Waals surface area contributed by atoms with Gasteiger partial charge in [0.1, 0.15) is 0 Å². The van der Waals surface area contributed by atoms with E-state index in [2.05, 4.69) is 0 Å². The normalized spacial score (nSPS) is 13.1. The van der Waals surface area contributed by atoms with E-state index in [0.717, 1.165) is 5.56 Å². The van der Waals surface area contributed by atoms with Crippen LogP contribution in [0.2, 0.25) is 0 Å². The van der Waals surface area contributed by atoms with Gasteiger partial charge in [-0.15, -0.1) is 0 Å². The topological polar surface area (TPSA) is 63.4 Å². The van der Waals surface area contributed by atoms with E-state index >= 15 is 0 Å². The summed E-state index contributed by atoms with van der Waals surface area (Å²) in [5, 5.41) is 0. The van der Waals surface area contributed by atoms with Crippen molar-refractivity contribution < 1.29 is 8.42 Å². The Kier molecular flexibility index (Phi) is 3.96. The average Bonchev–Trinajstić information content (AvgIpc) is 2.28. The van der Waals surface area contributed by atoms with Gasteiger partial charge in [0.15, 0.2) is 0 Å². The van der Waals surface area contributed by atoms with E-state index in [4.69, 9.17) is 5.73 Å². The summed E-state index contributed by atoms with van der Waals surface area (Å²) >= 11 is 0. The lowest BCUT2D eigenvalue weighted by atomic mass is 10.1. The molecule has 0 aliphatic carbocycles. The van der Waals surface area contributed by atoms with Crippen LogP contribution in [0.5, 0.6) is 0 Å². The zero-order chi connectivity index (χ0) is 13.3. The second-order valence-corrected chi connectivity index (χ2v) is 6.77. The third-order valence-electron chi connectivity index (χ3n) is 3.00. The number of nitrogens with two attached hydrogens (primary N) is 1. The van der Waals surface area contributed by atoms with Gasteiger partial charge in [0.2, 0.25) is 10.0 Å². The molecule has 0 atom stereocenters. The van der Waals surface area contributed by atoms with E-state index in [1.165, 1.54) is 4.31 Å². The van der Waals surface area contributed by atoms with Crippen LogP contribution in [-0.2, 0) is 10.0 Å². The molecule has 0 aliphatic rings. The summed E-state index contributed by atoms with van der Waals surface area (Å²) in [4.78, 5) is 0.307. The molecule has 0 unspecified atom stereocenters. The van der Waals surface area contributed by atoms with E-state index in [0.29, 0.717) is 4.90 Å². The van der Waals surface area contributed by atoms with Crippen molar-refractivity contribution in [3.63, 3.8) is 0 Å². The van der Waals surface area contributed by atoms with Crippen LogP contribution in [0, 0.1) is 6.92 Å². The molecule has 2 N–H and O–H groups in total. The maximum absolute atomic E-state index is 12.4. The van der Waals surface area contributed by atoms with Gasteiger partial charge in [0.25, 0.3) is 0 Å². The van der Waals surface area contributed by atoms with Crippen molar-refractivity contribution >= 4 is 10.0 Å². The number of rotatable bonds is 4. The maximum atomic E-state index is 12.4. The minimum absolute atomic E-state index is 0.272. The van der Waals surface area contributed by atoms with Crippen LogP contribution in [0.3, 0.4) is 0 Å². The summed E-state index contributed by atoms with van der Waals surface area (Å²) in [5.74, 6) is 0. The SMILES string of the molecule is Cc1cccc(S(=O)(=O)N(C)C(C)(C)CN)c1. The highest BCUT2D eigenvalue weighted by Gasteiger charge is 2.32. The number of sulfonamides is 1. The average molecular weight is 256 g/mol. The van der Waals surface area contributed by atoms with Crippen molar-refractivity contribution in [1.82, 2.24) is 4.31 Å². The number of likely N-dealkylation sites (N-methyl/N-ethyl adjacent to an activating group) is 1. The van der Waals surface area contributed by atoms with Gasteiger partial charge < -0.3 is 5.73 Å². The fourth-order valence-electron chi connectivity index (χ4n) is 1.39. The monoisotopic (exact) mass is 256 g/mol. The molecule has 4 nitrogen and oxygen atoms in total. The Hall–Kier alpha value is -0.910. The van der Waals surface area contributed by atoms with E-state index < -0.39 is 15.6 Å². The van der Waals surface area contributed by atoms with Crippen LogP contribution in [0.1, 0.15) is 19.4 Å². The largest absolute Gasteiger partial charge is 0.329 e. The quantitative estimate of drug-likeness (QED) is 0.884. The first kappa shape index (κ1) is 14.2. The standard InChI is InChI=1S/C12H20N2O2S/c1-10-6-5-7-11(8-10)17(15,16)14(4)12(2,3)9-13/h5-8H,9,13H2,1-4H3. The fraction of sp³-hybridized carbons (Fsp3) is 0.500. The molecule has 0 saturated heterocycles. The zero-order valence-corrected chi connectivity index (χ0v) is 11.6. The summed E-state index contributed by atoms with van der Waals surface area (Å²) in [6, 6.07) is 6.88. The van der Waals surface area contributed by atoms with E-state index in [-0.39, 0.29) is 6.54 Å². The molecule has 96 valence electrons. The molecular weight excluding hydrogens is 236 g/mol. The molecule has 1 rings (SSSR count). The number of hydrogen-bond donors (Lipinski definition) is 1. The Morgan fingerprint density at radius 3 is 2.41 bits per heavy atom. The lowest BCUT2D eigenvalue weighted by molar-refractivity contribution is 0.274. The van der Waals surface area contributed by atoms with Gasteiger partial charge in [0.05, 0.1) is 4.90 Å². The van der Waals surface area contributed by atoms with Crippen LogP contribution in [-0.4, -0.2) is 31.9 Å². The first-order chi connectivity index (χ1) is 7.71. The summed E-state index contributed by atoms with van der Waals surface area (Å²) in [6.45, 7) is 5.75. The minimum atomic E-state index is -3.48. The molecular formula is C12H20N2O2S. The Morgan fingerprint density at radius 2 is 1.94 bits per heavy atom. The summed E-state index contributed by atoms with van der Waals surface area (Å²) in [7, 11) is -1.92. The predicted molar refractivity (Wildman–Crippen MR) is 69.3 cm³/mol. The van der Waals surface area contributed by atoms with Crippen molar-refractivity contribution in [3.05, 3.63) is 29.8 Å². The van der Waals surface area contributed by atoms with Crippen molar-refractivity contribution in [1.29, 1.82) is 0 Å². The van der Waals surface area contributed by atoms with Crippen LogP contribution in [0.4, 0.5) is 0 Å². The Morgan fingerprint density at radius 1 is 1.35 bits per heavy atom. The van der Waals surface area contributed by atoms with Gasteiger partial charge in [0, 0.05) is 19.1 Å². The maximum Gasteiger partial charge on any atom is 0.243 e. The van der Waals surface area contributed by atoms with Gasteiger partial charge in [-0.25, -0.2) is 8.42 Å². The number of nitrogens with zero attached hydrogens (tertiary/aromatic N) is 1. The van der Waals surface area contributed by atoms with Crippen molar-refractivity contribution in [2.45, 2.75) is 31.2 Å². The molecule has 0 amide bonds. The van der Waals surface area contributed by atoms with Crippen LogP contribution in [0.25, 0.3) is 0 Å². The highest BCUT2D eigenvalue weighted by Crippen LogP contribution is 2.22. The molecule has 1 aromatic rings. The number of benzene rings is 1. The van der Waals surface area contributed by atoms with Gasteiger partial charge in [-0.1, -0.05) is 12.1 Å². The highest BCUT2D eigenvalue weighted by atomic mass is 32.2. The van der Waals surface area contributed by atoms with E-state index in [9.17, 15) is 8.42 Å². The van der Waals surface area contributed by atoms with Gasteiger partial charge in [-0.3, -0.25) is 0 Å². The van der Waals surface area contributed by atoms with Crippen LogP contribution < -0.4 is 5.73 Å². The molecule has 5 heteroatoms. The van der Waals surface area contributed by atoms with Gasteiger partial charge in [-0.05, 0) is 38.5 Å². The van der Waals surface area contributed by atoms with Crippen molar-refractivity contribution in [2.24, 2.45) is 5.73 Å². The Bertz CT molecular complexity index is 495. The second-order valence-electron chi connectivity index (χ2n) is 4.81. The predicted octanol–water partition coefficient (Wildman–Crippen LogP) is 1.35. The second kappa shape index (κ2) is 4.76. The molecule has 0 aromatic heterocycles. The molecule has 17 heavy (non-hydrogen) atoms. The molecule has 0 bridgehead atoms. The highest BCUT2D eigenvalue weighted by molar-refractivity contribution is 7.89. The number of aryl methyl sites for hydroxylation is 1. The third-order valence-corrected chi connectivity index (χ3v) is 5.06. The van der Waals surface area contributed by atoms with Gasteiger partial charge in [-0.2, -0.15) is 4.31 Å².